The van der Waals surface area contributed by atoms with Gasteiger partial charge in [-0.2, -0.15) is 0 Å². The summed E-state index contributed by atoms with van der Waals surface area (Å²) in [5.41, 5.74) is 1.54. The molecule has 0 aliphatic rings. The molecule has 0 saturated carbocycles. The van der Waals surface area contributed by atoms with Crippen molar-refractivity contribution in [3.05, 3.63) is 55.9 Å². The summed E-state index contributed by atoms with van der Waals surface area (Å²) in [6.45, 7) is 0.340. The van der Waals surface area contributed by atoms with Crippen molar-refractivity contribution in [1.29, 1.82) is 0 Å². The van der Waals surface area contributed by atoms with Crippen LogP contribution in [0.25, 0.3) is 0 Å². The minimum Gasteiger partial charge on any atom is -0.495 e. The molecule has 21 heavy (non-hydrogen) atoms. The van der Waals surface area contributed by atoms with Gasteiger partial charge in [0.2, 0.25) is 0 Å². The maximum Gasteiger partial charge on any atom is 0.135 e. The fourth-order valence-corrected chi connectivity index (χ4v) is 3.44. The number of ether oxygens (including phenoxy) is 1. The van der Waals surface area contributed by atoms with Gasteiger partial charge >= 0.3 is 0 Å². The second-order valence-corrected chi connectivity index (χ2v) is 6.50. The lowest BCUT2D eigenvalue weighted by molar-refractivity contribution is 0.191. The van der Waals surface area contributed by atoms with E-state index < -0.39 is 6.10 Å². The van der Waals surface area contributed by atoms with Crippen LogP contribution in [0.5, 0.6) is 5.75 Å². The number of methoxy groups -OCH3 is 1. The SMILES string of the molecule is COc1cc(NCC(O)c2ccccc2Cl)c(Br)cc1Br. The summed E-state index contributed by atoms with van der Waals surface area (Å²) in [5, 5.41) is 14.0. The molecule has 2 aromatic carbocycles. The fourth-order valence-electron chi connectivity index (χ4n) is 1.88. The van der Waals surface area contributed by atoms with Crippen molar-refractivity contribution in [3.63, 3.8) is 0 Å². The monoisotopic (exact) mass is 433 g/mol. The molecule has 0 saturated heterocycles. The molecule has 0 heterocycles. The molecule has 0 radical (unpaired) electrons. The molecule has 2 N–H and O–H groups in total. The van der Waals surface area contributed by atoms with E-state index in [0.717, 1.165) is 14.6 Å². The summed E-state index contributed by atoms with van der Waals surface area (Å²) >= 11 is 13.0. The molecule has 6 heteroatoms. The number of aliphatic hydroxyl groups is 1. The molecule has 0 aliphatic heterocycles. The van der Waals surface area contributed by atoms with Crippen LogP contribution < -0.4 is 10.1 Å². The van der Waals surface area contributed by atoms with E-state index in [4.69, 9.17) is 16.3 Å². The highest BCUT2D eigenvalue weighted by Gasteiger charge is 2.12. The molecular weight excluding hydrogens is 421 g/mol. The van der Waals surface area contributed by atoms with E-state index in [1.165, 1.54) is 0 Å². The Morgan fingerprint density at radius 2 is 1.95 bits per heavy atom. The number of anilines is 1. The van der Waals surface area contributed by atoms with Gasteiger partial charge in [-0.15, -0.1) is 0 Å². The summed E-state index contributed by atoms with van der Waals surface area (Å²) in [4.78, 5) is 0. The van der Waals surface area contributed by atoms with Crippen LogP contribution in [-0.2, 0) is 0 Å². The molecule has 0 fully saturated rings. The van der Waals surface area contributed by atoms with Crippen molar-refractivity contribution in [3.8, 4) is 5.75 Å². The second-order valence-electron chi connectivity index (χ2n) is 4.38. The van der Waals surface area contributed by atoms with E-state index in [1.807, 2.05) is 30.3 Å². The first-order valence-electron chi connectivity index (χ1n) is 6.22. The first-order valence-corrected chi connectivity index (χ1v) is 8.18. The Bertz CT molecular complexity index is 637. The predicted molar refractivity (Wildman–Crippen MR) is 93.3 cm³/mol. The van der Waals surface area contributed by atoms with E-state index in [1.54, 1.807) is 13.2 Å². The van der Waals surface area contributed by atoms with Crippen molar-refractivity contribution in [2.75, 3.05) is 19.0 Å². The Labute approximate surface area is 145 Å². The molecule has 0 aromatic heterocycles. The van der Waals surface area contributed by atoms with Gasteiger partial charge in [-0.1, -0.05) is 29.8 Å². The average Bonchev–Trinajstić information content (AvgIpc) is 2.46. The maximum absolute atomic E-state index is 10.2. The second kappa shape index (κ2) is 7.49. The molecule has 1 unspecified atom stereocenters. The molecule has 0 spiro atoms. The Kier molecular flexibility index (Phi) is 5.93. The number of nitrogens with one attached hydrogen (secondary N) is 1. The zero-order chi connectivity index (χ0) is 15.4. The van der Waals surface area contributed by atoms with E-state index in [-0.39, 0.29) is 0 Å². The Hall–Kier alpha value is -0.750. The van der Waals surface area contributed by atoms with Crippen molar-refractivity contribution in [1.82, 2.24) is 0 Å². The largest absolute Gasteiger partial charge is 0.495 e. The molecule has 0 amide bonds. The van der Waals surface area contributed by atoms with Crippen LogP contribution >= 0.6 is 43.5 Å². The molecule has 3 nitrogen and oxygen atoms in total. The van der Waals surface area contributed by atoms with Crippen LogP contribution in [0.4, 0.5) is 5.69 Å². The normalized spacial score (nSPS) is 12.0. The van der Waals surface area contributed by atoms with E-state index in [9.17, 15) is 5.11 Å². The average molecular weight is 436 g/mol. The van der Waals surface area contributed by atoms with E-state index >= 15 is 0 Å². The van der Waals surface area contributed by atoms with Crippen LogP contribution in [0.15, 0.2) is 45.3 Å². The first-order chi connectivity index (χ1) is 10.0. The van der Waals surface area contributed by atoms with Gasteiger partial charge in [0, 0.05) is 27.7 Å². The van der Waals surface area contributed by atoms with Gasteiger partial charge in [0.05, 0.1) is 23.4 Å². The standard InChI is InChI=1S/C15H14Br2ClNO2/c1-21-15-7-13(10(16)6-11(15)17)19-8-14(20)9-4-2-3-5-12(9)18/h2-7,14,19-20H,8H2,1H3. The smallest absolute Gasteiger partial charge is 0.135 e. The lowest BCUT2D eigenvalue weighted by atomic mass is 10.1. The van der Waals surface area contributed by atoms with Gasteiger partial charge in [0.15, 0.2) is 0 Å². The quantitative estimate of drug-likeness (QED) is 0.693. The zero-order valence-electron chi connectivity index (χ0n) is 11.2. The Morgan fingerprint density at radius 1 is 1.24 bits per heavy atom. The predicted octanol–water partition coefficient (Wildman–Crippen LogP) is 5.02. The van der Waals surface area contributed by atoms with Crippen molar-refractivity contribution < 1.29 is 9.84 Å². The summed E-state index contributed by atoms with van der Waals surface area (Å²) in [5.74, 6) is 0.716. The molecular formula is C15H14Br2ClNO2. The topological polar surface area (TPSA) is 41.5 Å². The minimum atomic E-state index is -0.694. The van der Waals surface area contributed by atoms with Gasteiger partial charge in [-0.25, -0.2) is 0 Å². The zero-order valence-corrected chi connectivity index (χ0v) is 15.2. The van der Waals surface area contributed by atoms with E-state index in [2.05, 4.69) is 37.2 Å². The number of halogens is 3. The van der Waals surface area contributed by atoms with Crippen LogP contribution in [0.3, 0.4) is 0 Å². The number of rotatable bonds is 5. The van der Waals surface area contributed by atoms with Gasteiger partial charge in [-0.05, 0) is 44.0 Å². The third-order valence-corrected chi connectivity index (χ3v) is 4.61. The third-order valence-electron chi connectivity index (χ3n) is 2.99. The van der Waals surface area contributed by atoms with Crippen molar-refractivity contribution in [2.24, 2.45) is 0 Å². The number of hydrogen-bond donors (Lipinski definition) is 2. The highest BCUT2D eigenvalue weighted by Crippen LogP contribution is 2.35. The summed E-state index contributed by atoms with van der Waals surface area (Å²) in [6, 6.07) is 11.0. The van der Waals surface area contributed by atoms with Gasteiger partial charge in [-0.3, -0.25) is 0 Å². The molecule has 0 bridgehead atoms. The number of hydrogen-bond acceptors (Lipinski definition) is 3. The summed E-state index contributed by atoms with van der Waals surface area (Å²) in [6.07, 6.45) is -0.694. The fraction of sp³-hybridized carbons (Fsp3) is 0.200. The van der Waals surface area contributed by atoms with Crippen LogP contribution in [0.2, 0.25) is 5.02 Å². The van der Waals surface area contributed by atoms with Gasteiger partial charge < -0.3 is 15.2 Å². The van der Waals surface area contributed by atoms with Crippen molar-refractivity contribution >= 4 is 49.1 Å². The maximum atomic E-state index is 10.2. The van der Waals surface area contributed by atoms with Crippen LogP contribution in [-0.4, -0.2) is 18.8 Å². The van der Waals surface area contributed by atoms with Crippen LogP contribution in [0.1, 0.15) is 11.7 Å². The highest BCUT2D eigenvalue weighted by atomic mass is 79.9. The summed E-state index contributed by atoms with van der Waals surface area (Å²) < 4.78 is 6.99. The lowest BCUT2D eigenvalue weighted by Gasteiger charge is -2.16. The Balaban J connectivity index is 2.11. The molecule has 2 rings (SSSR count). The van der Waals surface area contributed by atoms with Gasteiger partial charge in [0.25, 0.3) is 0 Å². The highest BCUT2D eigenvalue weighted by molar-refractivity contribution is 9.11. The number of benzene rings is 2. The first kappa shape index (κ1) is 16.6. The third kappa shape index (κ3) is 4.13. The number of aliphatic hydroxyl groups excluding tert-OH is 1. The van der Waals surface area contributed by atoms with Gasteiger partial charge in [0.1, 0.15) is 5.75 Å². The van der Waals surface area contributed by atoms with Crippen molar-refractivity contribution in [2.45, 2.75) is 6.10 Å². The van der Waals surface area contributed by atoms with Crippen LogP contribution in [0, 0.1) is 0 Å². The molecule has 1 atom stereocenters. The Morgan fingerprint density at radius 3 is 2.62 bits per heavy atom. The molecule has 2 aromatic rings. The van der Waals surface area contributed by atoms with E-state index in [0.29, 0.717) is 22.9 Å². The summed E-state index contributed by atoms with van der Waals surface area (Å²) in [7, 11) is 1.61. The molecule has 112 valence electrons. The lowest BCUT2D eigenvalue weighted by Crippen LogP contribution is -2.13. The minimum absolute atomic E-state index is 0.340. The molecule has 0 aliphatic carbocycles.